The van der Waals surface area contributed by atoms with E-state index in [0.29, 0.717) is 0 Å². The lowest BCUT2D eigenvalue weighted by Gasteiger charge is -2.18. The summed E-state index contributed by atoms with van der Waals surface area (Å²) in [6.07, 6.45) is 0. The number of carbonyl (C=O) groups is 1. The molecule has 1 heterocycles. The summed E-state index contributed by atoms with van der Waals surface area (Å²) in [6.45, 7) is 5.27. The zero-order valence-electron chi connectivity index (χ0n) is 7.83. The van der Waals surface area contributed by atoms with Gasteiger partial charge in [0, 0.05) is 6.07 Å². The Kier molecular flexibility index (Phi) is 2.32. The van der Waals surface area contributed by atoms with Gasteiger partial charge in [0.25, 0.3) is 5.95 Å². The first-order valence-electron chi connectivity index (χ1n) is 3.90. The van der Waals surface area contributed by atoms with Crippen LogP contribution in [0.15, 0.2) is 16.5 Å². The van der Waals surface area contributed by atoms with Gasteiger partial charge in [0.05, 0.1) is 0 Å². The summed E-state index contributed by atoms with van der Waals surface area (Å²) in [5, 5.41) is 8.83. The topological polar surface area (TPSA) is 59.7 Å². The van der Waals surface area contributed by atoms with Crippen molar-refractivity contribution in [3.05, 3.63) is 17.9 Å². The van der Waals surface area contributed by atoms with E-state index in [1.54, 1.807) is 20.8 Å². The minimum Gasteiger partial charge on any atom is -0.481 e. The second kappa shape index (κ2) is 3.12. The SMILES string of the molecule is CC(C)(C)OC(=O)c1ccc(O)o1. The molecular weight excluding hydrogens is 172 g/mol. The van der Waals surface area contributed by atoms with Crippen LogP contribution in [-0.2, 0) is 4.74 Å². The monoisotopic (exact) mass is 184 g/mol. The Labute approximate surface area is 76.1 Å². The minimum absolute atomic E-state index is 0.00688. The van der Waals surface area contributed by atoms with E-state index in [9.17, 15) is 4.79 Å². The van der Waals surface area contributed by atoms with Gasteiger partial charge in [0.1, 0.15) is 5.60 Å². The van der Waals surface area contributed by atoms with Gasteiger partial charge in [-0.25, -0.2) is 4.79 Å². The molecule has 0 amide bonds. The highest BCUT2D eigenvalue weighted by molar-refractivity contribution is 5.86. The molecule has 0 aliphatic rings. The molecule has 0 unspecified atom stereocenters. The van der Waals surface area contributed by atoms with Gasteiger partial charge >= 0.3 is 5.97 Å². The van der Waals surface area contributed by atoms with Gasteiger partial charge in [-0.15, -0.1) is 0 Å². The van der Waals surface area contributed by atoms with E-state index in [2.05, 4.69) is 4.42 Å². The Morgan fingerprint density at radius 2 is 2.08 bits per heavy atom. The lowest BCUT2D eigenvalue weighted by molar-refractivity contribution is 0.00314. The van der Waals surface area contributed by atoms with Crippen molar-refractivity contribution in [2.75, 3.05) is 0 Å². The molecule has 0 atom stereocenters. The van der Waals surface area contributed by atoms with Gasteiger partial charge in [0.2, 0.25) is 5.76 Å². The Balaban J connectivity index is 2.70. The first-order chi connectivity index (χ1) is 5.88. The van der Waals surface area contributed by atoms with Crippen LogP contribution < -0.4 is 0 Å². The second-order valence-corrected chi connectivity index (χ2v) is 3.64. The number of hydrogen-bond acceptors (Lipinski definition) is 4. The number of aromatic hydroxyl groups is 1. The molecule has 1 N–H and O–H groups in total. The summed E-state index contributed by atoms with van der Waals surface area (Å²) in [4.78, 5) is 11.2. The van der Waals surface area contributed by atoms with Crippen molar-refractivity contribution in [2.24, 2.45) is 0 Å². The molecule has 1 aromatic heterocycles. The van der Waals surface area contributed by atoms with E-state index in [0.717, 1.165) is 0 Å². The fourth-order valence-electron chi connectivity index (χ4n) is 0.766. The van der Waals surface area contributed by atoms with Crippen molar-refractivity contribution in [3.8, 4) is 5.95 Å². The van der Waals surface area contributed by atoms with E-state index < -0.39 is 11.6 Å². The molecule has 0 radical (unpaired) electrons. The predicted octanol–water partition coefficient (Wildman–Crippen LogP) is 1.94. The van der Waals surface area contributed by atoms with Crippen LogP contribution in [0, 0.1) is 0 Å². The van der Waals surface area contributed by atoms with Gasteiger partial charge < -0.3 is 14.3 Å². The molecule has 0 fully saturated rings. The maximum Gasteiger partial charge on any atom is 0.374 e. The summed E-state index contributed by atoms with van der Waals surface area (Å²) in [5.41, 5.74) is -0.556. The summed E-state index contributed by atoms with van der Waals surface area (Å²) in [6, 6.07) is 2.66. The maximum atomic E-state index is 11.2. The summed E-state index contributed by atoms with van der Waals surface area (Å²) in [7, 11) is 0. The molecule has 0 bridgehead atoms. The Morgan fingerprint density at radius 1 is 1.46 bits per heavy atom. The number of rotatable bonds is 1. The summed E-state index contributed by atoms with van der Waals surface area (Å²) >= 11 is 0. The molecule has 13 heavy (non-hydrogen) atoms. The van der Waals surface area contributed by atoms with E-state index in [1.165, 1.54) is 12.1 Å². The van der Waals surface area contributed by atoms with E-state index in [-0.39, 0.29) is 11.7 Å². The lowest BCUT2D eigenvalue weighted by Crippen LogP contribution is -2.23. The van der Waals surface area contributed by atoms with Crippen LogP contribution in [-0.4, -0.2) is 16.7 Å². The standard InChI is InChI=1S/C9H12O4/c1-9(2,3)13-8(11)6-4-5-7(10)12-6/h4-5,10H,1-3H3. The Morgan fingerprint density at radius 3 is 2.46 bits per heavy atom. The van der Waals surface area contributed by atoms with Crippen LogP contribution in [0.2, 0.25) is 0 Å². The molecule has 0 saturated carbocycles. The quantitative estimate of drug-likeness (QED) is 0.677. The van der Waals surface area contributed by atoms with Gasteiger partial charge in [-0.05, 0) is 26.8 Å². The van der Waals surface area contributed by atoms with Crippen molar-refractivity contribution in [3.63, 3.8) is 0 Å². The molecule has 4 heteroatoms. The van der Waals surface area contributed by atoms with Gasteiger partial charge in [0.15, 0.2) is 0 Å². The number of hydrogen-bond donors (Lipinski definition) is 1. The van der Waals surface area contributed by atoms with E-state index in [1.807, 2.05) is 0 Å². The number of esters is 1. The van der Waals surface area contributed by atoms with E-state index >= 15 is 0 Å². The van der Waals surface area contributed by atoms with Crippen molar-refractivity contribution in [2.45, 2.75) is 26.4 Å². The highest BCUT2D eigenvalue weighted by Gasteiger charge is 2.20. The van der Waals surface area contributed by atoms with Crippen molar-refractivity contribution in [1.82, 2.24) is 0 Å². The molecule has 1 rings (SSSR count). The molecule has 72 valence electrons. The van der Waals surface area contributed by atoms with Crippen molar-refractivity contribution in [1.29, 1.82) is 0 Å². The Hall–Kier alpha value is -1.45. The normalized spacial score (nSPS) is 11.3. The fourth-order valence-corrected chi connectivity index (χ4v) is 0.766. The molecule has 0 aromatic carbocycles. The van der Waals surface area contributed by atoms with Gasteiger partial charge in [-0.2, -0.15) is 0 Å². The third-order valence-electron chi connectivity index (χ3n) is 1.19. The minimum atomic E-state index is -0.576. The molecule has 0 aliphatic heterocycles. The molecule has 0 spiro atoms. The number of carbonyl (C=O) groups excluding carboxylic acids is 1. The maximum absolute atomic E-state index is 11.2. The van der Waals surface area contributed by atoms with Gasteiger partial charge in [-0.1, -0.05) is 0 Å². The summed E-state index contributed by atoms with van der Waals surface area (Å²) < 4.78 is 9.67. The van der Waals surface area contributed by atoms with Crippen LogP contribution in [0.1, 0.15) is 31.3 Å². The third kappa shape index (κ3) is 2.82. The second-order valence-electron chi connectivity index (χ2n) is 3.64. The van der Waals surface area contributed by atoms with Crippen molar-refractivity contribution >= 4 is 5.97 Å². The zero-order valence-corrected chi connectivity index (χ0v) is 7.83. The first kappa shape index (κ1) is 9.64. The van der Waals surface area contributed by atoms with Crippen molar-refractivity contribution < 1.29 is 19.1 Å². The molecular formula is C9H12O4. The zero-order chi connectivity index (χ0) is 10.1. The molecule has 4 nitrogen and oxygen atoms in total. The average Bonchev–Trinajstić information content (AvgIpc) is 2.31. The highest BCUT2D eigenvalue weighted by atomic mass is 16.6. The highest BCUT2D eigenvalue weighted by Crippen LogP contribution is 2.17. The smallest absolute Gasteiger partial charge is 0.374 e. The predicted molar refractivity (Wildman–Crippen MR) is 45.5 cm³/mol. The van der Waals surface area contributed by atoms with Crippen LogP contribution in [0.3, 0.4) is 0 Å². The average molecular weight is 184 g/mol. The van der Waals surface area contributed by atoms with E-state index in [4.69, 9.17) is 9.84 Å². The lowest BCUT2D eigenvalue weighted by atomic mass is 10.2. The molecule has 1 aromatic rings. The first-order valence-corrected chi connectivity index (χ1v) is 3.90. The number of ether oxygens (including phenoxy) is 1. The van der Waals surface area contributed by atoms with Crippen LogP contribution in [0.4, 0.5) is 0 Å². The third-order valence-corrected chi connectivity index (χ3v) is 1.19. The van der Waals surface area contributed by atoms with Crippen LogP contribution in [0.25, 0.3) is 0 Å². The molecule has 0 saturated heterocycles. The van der Waals surface area contributed by atoms with Crippen LogP contribution >= 0.6 is 0 Å². The Bertz CT molecular complexity index is 306. The largest absolute Gasteiger partial charge is 0.481 e. The summed E-state index contributed by atoms with van der Waals surface area (Å²) in [5.74, 6) is -0.860. The fraction of sp³-hybridized carbons (Fsp3) is 0.444. The van der Waals surface area contributed by atoms with Gasteiger partial charge in [-0.3, -0.25) is 0 Å². The molecule has 0 aliphatic carbocycles. The van der Waals surface area contributed by atoms with Crippen LogP contribution in [0.5, 0.6) is 5.95 Å². The number of furan rings is 1.